The lowest BCUT2D eigenvalue weighted by Gasteiger charge is -2.39. The maximum absolute atomic E-state index is 7.01. The van der Waals surface area contributed by atoms with Gasteiger partial charge in [0.05, 0.1) is 5.69 Å². The molecular weight excluding hydrogens is 635 g/mol. The Kier molecular flexibility index (Phi) is 7.74. The molecule has 0 fully saturated rings. The lowest BCUT2D eigenvalue weighted by Crippen LogP contribution is -2.29. The molecule has 0 saturated heterocycles. The third-order valence-electron chi connectivity index (χ3n) is 11.0. The van der Waals surface area contributed by atoms with Crippen LogP contribution in [0.15, 0.2) is 145 Å². The van der Waals surface area contributed by atoms with Crippen LogP contribution in [0.1, 0.15) is 37.5 Å². The largest absolute Gasteiger partial charge is 0.398 e. The van der Waals surface area contributed by atoms with Gasteiger partial charge in [0.25, 0.3) is 0 Å². The van der Waals surface area contributed by atoms with E-state index in [-0.39, 0.29) is 5.41 Å². The van der Waals surface area contributed by atoms with E-state index in [1.165, 1.54) is 66.1 Å². The minimum Gasteiger partial charge on any atom is -0.398 e. The standard InChI is InChI=1S/C47H45BN2S/c1-8-9-18-31-29(2)50(39-24-14-15-25-41(39)51(5,6)7)40-28-36-33-20-12-13-23-37(33)47(3,4)45(36)44(46(40)48)35-22-16-21-34(42(31)35)43-32-19-11-10-17-30(32)26-27-38(43)49/h8-28H,1,48-49H2,2-7H3/b18-9-,31-29-. The van der Waals surface area contributed by atoms with Crippen molar-refractivity contribution in [2.24, 2.45) is 0 Å². The van der Waals surface area contributed by atoms with Crippen LogP contribution in [0, 0.1) is 0 Å². The van der Waals surface area contributed by atoms with Gasteiger partial charge in [-0.2, -0.15) is 0 Å². The van der Waals surface area contributed by atoms with Crippen LogP contribution in [0.3, 0.4) is 0 Å². The fourth-order valence-electron chi connectivity index (χ4n) is 8.76. The van der Waals surface area contributed by atoms with Gasteiger partial charge in [0.15, 0.2) is 0 Å². The normalized spacial score (nSPS) is 16.4. The summed E-state index contributed by atoms with van der Waals surface area (Å²) in [6.45, 7) is 11.2. The first-order chi connectivity index (χ1) is 24.4. The Morgan fingerprint density at radius 2 is 1.39 bits per heavy atom. The summed E-state index contributed by atoms with van der Waals surface area (Å²) in [6.07, 6.45) is 13.4. The van der Waals surface area contributed by atoms with Crippen molar-refractivity contribution in [1.29, 1.82) is 0 Å². The zero-order valence-electron chi connectivity index (χ0n) is 30.8. The van der Waals surface area contributed by atoms with Gasteiger partial charge in [-0.05, 0) is 105 Å². The van der Waals surface area contributed by atoms with E-state index >= 15 is 0 Å². The number of hydrogen-bond acceptors (Lipinski definition) is 2. The van der Waals surface area contributed by atoms with E-state index in [0.29, 0.717) is 0 Å². The maximum atomic E-state index is 7.01. The van der Waals surface area contributed by atoms with Gasteiger partial charge >= 0.3 is 0 Å². The van der Waals surface area contributed by atoms with Crippen LogP contribution in [0.4, 0.5) is 17.1 Å². The number of rotatable bonds is 5. The average molecular weight is 681 g/mol. The molecule has 0 radical (unpaired) electrons. The summed E-state index contributed by atoms with van der Waals surface area (Å²) in [7, 11) is 1.23. The van der Waals surface area contributed by atoms with E-state index in [9.17, 15) is 0 Å². The molecule has 1 heterocycles. The van der Waals surface area contributed by atoms with Gasteiger partial charge < -0.3 is 10.6 Å². The van der Waals surface area contributed by atoms with Crippen molar-refractivity contribution in [1.82, 2.24) is 0 Å². The molecule has 51 heavy (non-hydrogen) atoms. The molecule has 1 aliphatic carbocycles. The monoisotopic (exact) mass is 680 g/mol. The molecule has 2 nitrogen and oxygen atoms in total. The van der Waals surface area contributed by atoms with E-state index in [1.807, 2.05) is 6.08 Å². The van der Waals surface area contributed by atoms with Gasteiger partial charge in [-0.1, -0.05) is 129 Å². The van der Waals surface area contributed by atoms with E-state index < -0.39 is 10.0 Å². The molecule has 0 unspecified atom stereocenters. The number of fused-ring (bicyclic) bond motifs is 9. The lowest BCUT2D eigenvalue weighted by atomic mass is 9.71. The molecule has 0 spiro atoms. The van der Waals surface area contributed by atoms with Crippen LogP contribution in [0.25, 0.3) is 49.7 Å². The molecule has 2 N–H and O–H groups in total. The number of nitrogen functional groups attached to an aromatic ring is 1. The van der Waals surface area contributed by atoms with Gasteiger partial charge in [-0.3, -0.25) is 0 Å². The molecule has 2 bridgehead atoms. The van der Waals surface area contributed by atoms with E-state index in [4.69, 9.17) is 5.73 Å². The average Bonchev–Trinajstić information content (AvgIpc) is 3.34. The summed E-state index contributed by atoms with van der Waals surface area (Å²) in [6, 6.07) is 40.1. The topological polar surface area (TPSA) is 29.3 Å². The summed E-state index contributed by atoms with van der Waals surface area (Å²) in [4.78, 5) is 3.93. The number of nitrogens with two attached hydrogens (primary N) is 1. The molecule has 8 rings (SSSR count). The number of allylic oxidation sites excluding steroid dienone is 5. The van der Waals surface area contributed by atoms with Gasteiger partial charge in [0.1, 0.15) is 7.85 Å². The Hall–Kier alpha value is -5.19. The van der Waals surface area contributed by atoms with E-state index in [2.05, 4.69) is 180 Å². The molecule has 0 aromatic heterocycles. The molecule has 6 aromatic carbocycles. The molecule has 6 aromatic rings. The first kappa shape index (κ1) is 33.0. The smallest absolute Gasteiger partial charge is 0.142 e. The Balaban J connectivity index is 1.62. The highest BCUT2D eigenvalue weighted by atomic mass is 32.3. The number of benzene rings is 6. The van der Waals surface area contributed by atoms with Crippen molar-refractivity contribution >= 4 is 56.7 Å². The van der Waals surface area contributed by atoms with Crippen LogP contribution in [0.2, 0.25) is 0 Å². The highest BCUT2D eigenvalue weighted by Gasteiger charge is 2.41. The van der Waals surface area contributed by atoms with Gasteiger partial charge in [0.2, 0.25) is 0 Å². The minimum absolute atomic E-state index is 0.205. The van der Waals surface area contributed by atoms with Crippen molar-refractivity contribution in [3.05, 3.63) is 156 Å². The molecule has 1 aliphatic heterocycles. The number of para-hydroxylation sites is 1. The highest BCUT2D eigenvalue weighted by Crippen LogP contribution is 2.58. The fourth-order valence-corrected chi connectivity index (χ4v) is 10.0. The molecule has 4 heteroatoms. The third kappa shape index (κ3) is 4.95. The van der Waals surface area contributed by atoms with Crippen LogP contribution in [-0.4, -0.2) is 26.6 Å². The summed E-state index contributed by atoms with van der Waals surface area (Å²) >= 11 is 0. The Morgan fingerprint density at radius 1 is 0.725 bits per heavy atom. The van der Waals surface area contributed by atoms with Crippen molar-refractivity contribution in [2.45, 2.75) is 31.1 Å². The molecule has 0 atom stereocenters. The Morgan fingerprint density at radius 3 is 2.16 bits per heavy atom. The maximum Gasteiger partial charge on any atom is 0.142 e. The quantitative estimate of drug-likeness (QED) is 0.112. The highest BCUT2D eigenvalue weighted by molar-refractivity contribution is 8.32. The second kappa shape index (κ2) is 12.0. The van der Waals surface area contributed by atoms with Crippen LogP contribution >= 0.6 is 10.0 Å². The molecule has 0 amide bonds. The van der Waals surface area contributed by atoms with Crippen LogP contribution in [0.5, 0.6) is 0 Å². The van der Waals surface area contributed by atoms with E-state index in [1.54, 1.807) is 0 Å². The number of nitrogens with zero attached hydrogens (tertiary/aromatic N) is 1. The molecular formula is C47H45BN2S. The Labute approximate surface area is 305 Å². The molecule has 0 saturated carbocycles. The predicted molar refractivity (Wildman–Crippen MR) is 229 cm³/mol. The van der Waals surface area contributed by atoms with E-state index in [0.717, 1.165) is 33.5 Å². The van der Waals surface area contributed by atoms with Crippen molar-refractivity contribution in [3.8, 4) is 33.4 Å². The SMILES string of the molecule is Bc1c2cc3c(c1-c1cccc(-c4c(N)ccc5ccccc45)c1C(/C=C\C=C)=C(/C)N2c1ccccc1S(C)(C)C)C(C)(C)c1ccccc1-3. The first-order valence-electron chi connectivity index (χ1n) is 17.7. The molecule has 2 aliphatic rings. The van der Waals surface area contributed by atoms with Crippen LogP contribution in [-0.2, 0) is 5.41 Å². The Bertz CT molecular complexity index is 2490. The zero-order valence-corrected chi connectivity index (χ0v) is 31.6. The summed E-state index contributed by atoms with van der Waals surface area (Å²) in [5.74, 6) is 0. The number of anilines is 3. The van der Waals surface area contributed by atoms with Gasteiger partial charge in [-0.15, -0.1) is 0 Å². The summed E-state index contributed by atoms with van der Waals surface area (Å²) < 4.78 is 0. The second-order valence-electron chi connectivity index (χ2n) is 15.2. The summed E-state index contributed by atoms with van der Waals surface area (Å²) in [5.41, 5.74) is 24.9. The van der Waals surface area contributed by atoms with Gasteiger partial charge in [0, 0.05) is 38.5 Å². The van der Waals surface area contributed by atoms with Crippen molar-refractivity contribution in [2.75, 3.05) is 29.4 Å². The number of hydrogen-bond donors (Lipinski definition) is 1. The lowest BCUT2D eigenvalue weighted by molar-refractivity contribution is 0.662. The fraction of sp³-hybridized carbons (Fsp3) is 0.149. The van der Waals surface area contributed by atoms with Crippen molar-refractivity contribution in [3.63, 3.8) is 0 Å². The summed E-state index contributed by atoms with van der Waals surface area (Å²) in [5, 5.41) is 2.33. The van der Waals surface area contributed by atoms with Crippen molar-refractivity contribution < 1.29 is 0 Å². The zero-order chi connectivity index (χ0) is 35.8. The van der Waals surface area contributed by atoms with Gasteiger partial charge in [-0.25, -0.2) is 10.0 Å². The van der Waals surface area contributed by atoms with Crippen LogP contribution < -0.4 is 16.1 Å². The second-order valence-corrected chi connectivity index (χ2v) is 19.3. The predicted octanol–water partition coefficient (Wildman–Crippen LogP) is 11.0. The minimum atomic E-state index is -1.10. The third-order valence-corrected chi connectivity index (χ3v) is 12.7. The first-order valence-corrected chi connectivity index (χ1v) is 20.6. The molecule has 252 valence electrons.